The molecular formula is C13H20. The van der Waals surface area contributed by atoms with Gasteiger partial charge in [-0.2, -0.15) is 0 Å². The Kier molecular flexibility index (Phi) is 3.13. The third kappa shape index (κ3) is 2.33. The van der Waals surface area contributed by atoms with Crippen LogP contribution in [0.15, 0.2) is 35.5 Å². The van der Waals surface area contributed by atoms with Crippen LogP contribution in [-0.4, -0.2) is 0 Å². The minimum atomic E-state index is 0.609. The first-order valence-corrected chi connectivity index (χ1v) is 5.11. The summed E-state index contributed by atoms with van der Waals surface area (Å²) in [6, 6.07) is 0. The maximum atomic E-state index is 4.14. The van der Waals surface area contributed by atoms with Gasteiger partial charge in [0.05, 0.1) is 0 Å². The second-order valence-electron chi connectivity index (χ2n) is 4.45. The Morgan fingerprint density at radius 2 is 1.69 bits per heavy atom. The van der Waals surface area contributed by atoms with Crippen molar-refractivity contribution < 1.29 is 0 Å². The zero-order chi connectivity index (χ0) is 10.0. The van der Waals surface area contributed by atoms with Gasteiger partial charge in [-0.25, -0.2) is 0 Å². The SMILES string of the molecule is C=C1CC(C(C)C)=CC=C1C(C)C. The van der Waals surface area contributed by atoms with E-state index in [9.17, 15) is 0 Å². The van der Waals surface area contributed by atoms with Crippen molar-refractivity contribution in [3.8, 4) is 0 Å². The molecular weight excluding hydrogens is 156 g/mol. The summed E-state index contributed by atoms with van der Waals surface area (Å²) in [5.41, 5.74) is 4.24. The van der Waals surface area contributed by atoms with Crippen LogP contribution >= 0.6 is 0 Å². The molecule has 0 bridgehead atoms. The number of hydrogen-bond donors (Lipinski definition) is 0. The Hall–Kier alpha value is -0.780. The van der Waals surface area contributed by atoms with Crippen LogP contribution in [0.2, 0.25) is 0 Å². The molecule has 1 aliphatic carbocycles. The van der Waals surface area contributed by atoms with Gasteiger partial charge in [-0.1, -0.05) is 52.0 Å². The maximum Gasteiger partial charge on any atom is -0.00645 e. The molecule has 0 heteroatoms. The number of allylic oxidation sites excluding steroid dienone is 5. The van der Waals surface area contributed by atoms with Gasteiger partial charge >= 0.3 is 0 Å². The van der Waals surface area contributed by atoms with Gasteiger partial charge in [0.1, 0.15) is 0 Å². The lowest BCUT2D eigenvalue weighted by Gasteiger charge is -2.21. The predicted molar refractivity (Wildman–Crippen MR) is 59.6 cm³/mol. The van der Waals surface area contributed by atoms with Crippen LogP contribution < -0.4 is 0 Å². The van der Waals surface area contributed by atoms with E-state index in [2.05, 4.69) is 46.4 Å². The highest BCUT2D eigenvalue weighted by molar-refractivity contribution is 5.42. The molecule has 0 saturated heterocycles. The van der Waals surface area contributed by atoms with Crippen LogP contribution in [-0.2, 0) is 0 Å². The lowest BCUT2D eigenvalue weighted by atomic mass is 9.84. The van der Waals surface area contributed by atoms with E-state index in [4.69, 9.17) is 0 Å². The topological polar surface area (TPSA) is 0 Å². The second-order valence-corrected chi connectivity index (χ2v) is 4.45. The van der Waals surface area contributed by atoms with Crippen molar-refractivity contribution in [2.75, 3.05) is 0 Å². The molecule has 0 radical (unpaired) electrons. The first-order chi connectivity index (χ1) is 6.02. The van der Waals surface area contributed by atoms with Crippen molar-refractivity contribution in [3.63, 3.8) is 0 Å². The first-order valence-electron chi connectivity index (χ1n) is 5.11. The van der Waals surface area contributed by atoms with Crippen LogP contribution in [0, 0.1) is 11.8 Å². The van der Waals surface area contributed by atoms with E-state index >= 15 is 0 Å². The molecule has 1 rings (SSSR count). The second kappa shape index (κ2) is 3.95. The highest BCUT2D eigenvalue weighted by Gasteiger charge is 2.14. The standard InChI is InChI=1S/C13H20/c1-9(2)12-6-7-13(10(3)4)11(5)8-12/h6-7,9-10H,5,8H2,1-4H3. The fourth-order valence-corrected chi connectivity index (χ4v) is 1.72. The molecule has 0 nitrogen and oxygen atoms in total. The third-order valence-electron chi connectivity index (χ3n) is 2.67. The van der Waals surface area contributed by atoms with E-state index in [1.165, 1.54) is 16.7 Å². The van der Waals surface area contributed by atoms with E-state index in [1.54, 1.807) is 0 Å². The van der Waals surface area contributed by atoms with Gasteiger partial charge in [0.15, 0.2) is 0 Å². The largest absolute Gasteiger partial charge is 0.0952 e. The zero-order valence-electron chi connectivity index (χ0n) is 9.22. The number of hydrogen-bond acceptors (Lipinski definition) is 0. The van der Waals surface area contributed by atoms with E-state index in [0.717, 1.165) is 6.42 Å². The Labute approximate surface area is 82.0 Å². The highest BCUT2D eigenvalue weighted by Crippen LogP contribution is 2.31. The molecule has 0 saturated carbocycles. The molecule has 0 spiro atoms. The molecule has 0 fully saturated rings. The van der Waals surface area contributed by atoms with Gasteiger partial charge in [0.25, 0.3) is 0 Å². The molecule has 0 aromatic heterocycles. The van der Waals surface area contributed by atoms with Crippen LogP contribution in [0.3, 0.4) is 0 Å². The normalized spacial score (nSPS) is 17.8. The summed E-state index contributed by atoms with van der Waals surface area (Å²) in [7, 11) is 0. The minimum absolute atomic E-state index is 0.609. The number of rotatable bonds is 2. The summed E-state index contributed by atoms with van der Waals surface area (Å²) >= 11 is 0. The van der Waals surface area contributed by atoms with Crippen LogP contribution in [0.25, 0.3) is 0 Å². The van der Waals surface area contributed by atoms with Crippen molar-refractivity contribution in [3.05, 3.63) is 35.5 Å². The van der Waals surface area contributed by atoms with Gasteiger partial charge in [0.2, 0.25) is 0 Å². The monoisotopic (exact) mass is 176 g/mol. The van der Waals surface area contributed by atoms with Crippen LogP contribution in [0.1, 0.15) is 34.1 Å². The van der Waals surface area contributed by atoms with E-state index in [0.29, 0.717) is 11.8 Å². The summed E-state index contributed by atoms with van der Waals surface area (Å²) < 4.78 is 0. The van der Waals surface area contributed by atoms with Crippen LogP contribution in [0.5, 0.6) is 0 Å². The average Bonchev–Trinajstić information content (AvgIpc) is 2.03. The molecule has 0 aliphatic heterocycles. The lowest BCUT2D eigenvalue weighted by molar-refractivity contribution is 0.710. The van der Waals surface area contributed by atoms with Crippen molar-refractivity contribution in [2.24, 2.45) is 11.8 Å². The lowest BCUT2D eigenvalue weighted by Crippen LogP contribution is -2.05. The Bertz CT molecular complexity index is 262. The highest BCUT2D eigenvalue weighted by atomic mass is 14.2. The molecule has 0 atom stereocenters. The predicted octanol–water partition coefficient (Wildman–Crippen LogP) is 4.11. The Morgan fingerprint density at radius 3 is 2.08 bits per heavy atom. The Morgan fingerprint density at radius 1 is 1.08 bits per heavy atom. The zero-order valence-corrected chi connectivity index (χ0v) is 9.22. The van der Waals surface area contributed by atoms with Crippen molar-refractivity contribution >= 4 is 0 Å². The van der Waals surface area contributed by atoms with Gasteiger partial charge < -0.3 is 0 Å². The van der Waals surface area contributed by atoms with E-state index < -0.39 is 0 Å². The quantitative estimate of drug-likeness (QED) is 0.594. The van der Waals surface area contributed by atoms with Gasteiger partial charge in [-0.05, 0) is 29.4 Å². The van der Waals surface area contributed by atoms with Gasteiger partial charge in [-0.3, -0.25) is 0 Å². The van der Waals surface area contributed by atoms with Crippen molar-refractivity contribution in [1.29, 1.82) is 0 Å². The molecule has 0 aromatic carbocycles. The average molecular weight is 176 g/mol. The molecule has 0 N–H and O–H groups in total. The molecule has 0 heterocycles. The van der Waals surface area contributed by atoms with Gasteiger partial charge in [-0.15, -0.1) is 0 Å². The molecule has 0 unspecified atom stereocenters. The smallest absolute Gasteiger partial charge is 0.00645 e. The van der Waals surface area contributed by atoms with E-state index in [-0.39, 0.29) is 0 Å². The fourth-order valence-electron chi connectivity index (χ4n) is 1.72. The third-order valence-corrected chi connectivity index (χ3v) is 2.67. The van der Waals surface area contributed by atoms with E-state index in [1.807, 2.05) is 0 Å². The molecule has 1 aliphatic rings. The van der Waals surface area contributed by atoms with Crippen LogP contribution in [0.4, 0.5) is 0 Å². The molecule has 72 valence electrons. The summed E-state index contributed by atoms with van der Waals surface area (Å²) in [6.45, 7) is 13.1. The van der Waals surface area contributed by atoms with Crippen molar-refractivity contribution in [2.45, 2.75) is 34.1 Å². The fraction of sp³-hybridized carbons (Fsp3) is 0.538. The molecule has 13 heavy (non-hydrogen) atoms. The minimum Gasteiger partial charge on any atom is -0.0952 e. The summed E-state index contributed by atoms with van der Waals surface area (Å²) in [5, 5.41) is 0. The molecule has 0 amide bonds. The first kappa shape index (κ1) is 10.3. The summed E-state index contributed by atoms with van der Waals surface area (Å²) in [4.78, 5) is 0. The maximum absolute atomic E-state index is 4.14. The Balaban J connectivity index is 2.87. The molecule has 0 aromatic rings. The van der Waals surface area contributed by atoms with Crippen molar-refractivity contribution in [1.82, 2.24) is 0 Å². The summed E-state index contributed by atoms with van der Waals surface area (Å²) in [6.07, 6.45) is 5.59. The summed E-state index contributed by atoms with van der Waals surface area (Å²) in [5.74, 6) is 1.26. The van der Waals surface area contributed by atoms with Gasteiger partial charge in [0, 0.05) is 0 Å².